The molecule has 0 saturated carbocycles. The number of fused-ring (bicyclic) bond motifs is 2. The Labute approximate surface area is 326 Å². The van der Waals surface area contributed by atoms with Gasteiger partial charge in [-0.05, 0) is 111 Å². The summed E-state index contributed by atoms with van der Waals surface area (Å²) in [6, 6.07) is 25.3. The molecule has 0 radical (unpaired) electrons. The summed E-state index contributed by atoms with van der Waals surface area (Å²) in [5.74, 6) is 0. The summed E-state index contributed by atoms with van der Waals surface area (Å²) in [4.78, 5) is 1.73. The lowest BCUT2D eigenvalue weighted by Crippen LogP contribution is -2.28. The van der Waals surface area contributed by atoms with Crippen LogP contribution in [0.1, 0.15) is 64.5 Å². The molecule has 0 amide bonds. The van der Waals surface area contributed by atoms with Crippen molar-refractivity contribution in [2.24, 2.45) is 0 Å². The summed E-state index contributed by atoms with van der Waals surface area (Å²) in [7, 11) is -8.65. The summed E-state index contributed by atoms with van der Waals surface area (Å²) in [5.41, 5.74) is 10.7. The first-order valence-electron chi connectivity index (χ1n) is 17.7. The number of benzene rings is 3. The fourth-order valence-electron chi connectivity index (χ4n) is 7.67. The van der Waals surface area contributed by atoms with Crippen molar-refractivity contribution in [2.75, 3.05) is 0 Å². The van der Waals surface area contributed by atoms with Crippen LogP contribution < -0.4 is 0 Å². The van der Waals surface area contributed by atoms with E-state index >= 15 is 0 Å². The van der Waals surface area contributed by atoms with Crippen molar-refractivity contribution in [3.8, 4) is 20.9 Å². The minimum Gasteiger partial charge on any atom is -0.282 e. The van der Waals surface area contributed by atoms with E-state index in [0.717, 1.165) is 96.5 Å². The minimum absolute atomic E-state index is 0.112. The Morgan fingerprint density at radius 3 is 2.11 bits per heavy atom. The maximum Gasteiger partial charge on any atom is 0.294 e. The second kappa shape index (κ2) is 14.4. The van der Waals surface area contributed by atoms with E-state index in [9.17, 15) is 25.9 Å². The van der Waals surface area contributed by atoms with Crippen LogP contribution in [0.15, 0.2) is 146 Å². The van der Waals surface area contributed by atoms with Crippen molar-refractivity contribution in [1.29, 1.82) is 0 Å². The van der Waals surface area contributed by atoms with Gasteiger partial charge >= 0.3 is 0 Å². The van der Waals surface area contributed by atoms with Crippen LogP contribution >= 0.6 is 22.9 Å². The monoisotopic (exact) mass is 797 g/mol. The SMILES string of the molecule is CCC1=C(C)C(=CC2=C(Cl)C(=CC=Cc3cc(-c4ccccc4)[s+]c(-c4ccc(S(=O)(=O)O)cc4)c3)CCC2)C2=[N+]1c1ccc(S(=O)(=O)O)cc1C2(C)C. The van der Waals surface area contributed by atoms with Gasteiger partial charge in [-0.2, -0.15) is 21.4 Å². The summed E-state index contributed by atoms with van der Waals surface area (Å²) in [6.07, 6.45) is 11.7. The molecule has 3 heterocycles. The second-order valence-electron chi connectivity index (χ2n) is 14.2. The summed E-state index contributed by atoms with van der Waals surface area (Å²) in [6.45, 7) is 8.44. The van der Waals surface area contributed by atoms with Gasteiger partial charge in [0.05, 0.1) is 20.8 Å². The molecule has 1 aromatic heterocycles. The first kappa shape index (κ1) is 38.0. The zero-order valence-corrected chi connectivity index (χ0v) is 33.5. The van der Waals surface area contributed by atoms with E-state index in [0.29, 0.717) is 0 Å². The number of nitrogens with zero attached hydrogens (tertiary/aromatic N) is 1. The van der Waals surface area contributed by atoms with Crippen molar-refractivity contribution in [1.82, 2.24) is 0 Å². The average Bonchev–Trinajstić information content (AvgIpc) is 3.55. The van der Waals surface area contributed by atoms with Crippen molar-refractivity contribution >= 4 is 60.6 Å². The Bertz CT molecular complexity index is 2630. The van der Waals surface area contributed by atoms with Crippen molar-refractivity contribution in [3.63, 3.8) is 0 Å². The van der Waals surface area contributed by atoms with E-state index in [1.165, 1.54) is 23.8 Å². The molecule has 3 aliphatic rings. The smallest absolute Gasteiger partial charge is 0.282 e. The first-order chi connectivity index (χ1) is 25.6. The van der Waals surface area contributed by atoms with Gasteiger partial charge in [0, 0.05) is 51.9 Å². The predicted molar refractivity (Wildman–Crippen MR) is 219 cm³/mol. The van der Waals surface area contributed by atoms with E-state index in [2.05, 4.69) is 68.7 Å². The van der Waals surface area contributed by atoms with Gasteiger partial charge in [0.1, 0.15) is 0 Å². The van der Waals surface area contributed by atoms with Crippen LogP contribution in [0.2, 0.25) is 0 Å². The zero-order valence-electron chi connectivity index (χ0n) is 30.3. The van der Waals surface area contributed by atoms with Crippen LogP contribution in [0.25, 0.3) is 27.0 Å². The molecule has 11 heteroatoms. The molecule has 0 bridgehead atoms. The predicted octanol–water partition coefficient (Wildman–Crippen LogP) is 11.2. The number of hydrogen-bond acceptors (Lipinski definition) is 4. The summed E-state index contributed by atoms with van der Waals surface area (Å²) in [5, 5.41) is 0.727. The van der Waals surface area contributed by atoms with Crippen LogP contribution in [-0.4, -0.2) is 36.2 Å². The molecular formula is C43H40ClNO6S3+2. The van der Waals surface area contributed by atoms with E-state index in [1.54, 1.807) is 35.6 Å². The Kier molecular flexibility index (Phi) is 10.1. The first-order valence-corrected chi connectivity index (χ1v) is 21.7. The Morgan fingerprint density at radius 2 is 1.48 bits per heavy atom. The number of allylic oxidation sites excluding steroid dienone is 9. The zero-order chi connectivity index (χ0) is 38.6. The molecule has 276 valence electrons. The molecule has 2 aliphatic heterocycles. The van der Waals surface area contributed by atoms with Crippen LogP contribution in [0.5, 0.6) is 0 Å². The number of rotatable bonds is 8. The van der Waals surface area contributed by atoms with Crippen LogP contribution in [0.3, 0.4) is 0 Å². The van der Waals surface area contributed by atoms with Crippen LogP contribution in [0, 0.1) is 0 Å². The molecule has 0 saturated heterocycles. The molecule has 54 heavy (non-hydrogen) atoms. The molecular weight excluding hydrogens is 758 g/mol. The fraction of sp³-hybridized carbons (Fsp3) is 0.209. The maximum absolute atomic E-state index is 12.1. The maximum atomic E-state index is 12.1. The topological polar surface area (TPSA) is 112 Å². The number of halogens is 1. The molecule has 0 unspecified atom stereocenters. The molecule has 7 nitrogen and oxygen atoms in total. The molecule has 4 aromatic rings. The van der Waals surface area contributed by atoms with Crippen LogP contribution in [0.4, 0.5) is 5.69 Å². The van der Waals surface area contributed by atoms with Gasteiger partial charge in [0.2, 0.25) is 32.5 Å². The lowest BCUT2D eigenvalue weighted by Gasteiger charge is -2.21. The fourth-order valence-corrected chi connectivity index (χ4v) is 10.1. The largest absolute Gasteiger partial charge is 0.294 e. The normalized spacial score (nSPS) is 18.7. The van der Waals surface area contributed by atoms with E-state index < -0.39 is 25.7 Å². The molecule has 2 N–H and O–H groups in total. The molecule has 1 aliphatic carbocycles. The molecule has 7 rings (SSSR count). The highest BCUT2D eigenvalue weighted by Gasteiger charge is 2.53. The standard InChI is InChI=1S/C43H38ClNO6S3/c1-5-37-27(2)35(42-43(3,4)36-26-34(54(49,50)51)21-22-38(36)45(37)42)25-32-16-10-15-31(41(32)44)14-9-11-28-23-39(29-12-7-6-8-13-29)52-40(24-28)30-17-19-33(20-18-30)53(46,47)48/h6-9,11-14,17-26H,5,10,15-16H2,1-4H3/p+2. The molecule has 3 aromatic carbocycles. The second-order valence-corrected chi connectivity index (χ2v) is 18.5. The highest BCUT2D eigenvalue weighted by atomic mass is 35.5. The lowest BCUT2D eigenvalue weighted by molar-refractivity contribution is -0.380. The number of hydrogen-bond donors (Lipinski definition) is 2. The van der Waals surface area contributed by atoms with Gasteiger partial charge in [-0.25, -0.2) is 0 Å². The Balaban J connectivity index is 1.24. The van der Waals surface area contributed by atoms with Gasteiger partial charge in [-0.1, -0.05) is 55.0 Å². The Hall–Kier alpha value is -4.29. The average molecular weight is 798 g/mol. The van der Waals surface area contributed by atoms with Gasteiger partial charge in [-0.3, -0.25) is 9.11 Å². The van der Waals surface area contributed by atoms with E-state index in [1.807, 2.05) is 30.4 Å². The quantitative estimate of drug-likeness (QED) is 0.104. The summed E-state index contributed by atoms with van der Waals surface area (Å²) < 4.78 is 68.9. The highest BCUT2D eigenvalue weighted by Crippen LogP contribution is 2.50. The van der Waals surface area contributed by atoms with E-state index in [4.69, 9.17) is 11.6 Å². The van der Waals surface area contributed by atoms with Crippen molar-refractivity contribution in [2.45, 2.75) is 68.6 Å². The third kappa shape index (κ3) is 7.14. The molecule has 0 spiro atoms. The van der Waals surface area contributed by atoms with Crippen LogP contribution in [-0.2, 0) is 25.7 Å². The Morgan fingerprint density at radius 1 is 0.852 bits per heavy atom. The van der Waals surface area contributed by atoms with Gasteiger partial charge in [0.25, 0.3) is 20.2 Å². The lowest BCUT2D eigenvalue weighted by atomic mass is 9.77. The van der Waals surface area contributed by atoms with Crippen molar-refractivity contribution < 1.29 is 30.5 Å². The molecule has 0 atom stereocenters. The summed E-state index contributed by atoms with van der Waals surface area (Å²) >= 11 is 8.79. The van der Waals surface area contributed by atoms with Crippen molar-refractivity contribution in [3.05, 3.63) is 147 Å². The van der Waals surface area contributed by atoms with E-state index in [-0.39, 0.29) is 9.79 Å². The van der Waals surface area contributed by atoms with Gasteiger partial charge in [-0.15, -0.1) is 0 Å². The van der Waals surface area contributed by atoms with Gasteiger partial charge in [0.15, 0.2) is 5.70 Å². The third-order valence-electron chi connectivity index (χ3n) is 10.4. The molecule has 0 fully saturated rings. The third-order valence-corrected chi connectivity index (χ3v) is 13.7. The minimum atomic E-state index is -4.36. The van der Waals surface area contributed by atoms with Gasteiger partial charge < -0.3 is 0 Å². The highest BCUT2D eigenvalue weighted by molar-refractivity contribution is 7.86.